The lowest BCUT2D eigenvalue weighted by Gasteiger charge is -2.33. The van der Waals surface area contributed by atoms with E-state index in [-0.39, 0.29) is 6.04 Å². The average molecular weight is 433 g/mol. The van der Waals surface area contributed by atoms with Crippen LogP contribution in [0.15, 0.2) is 13.6 Å². The summed E-state index contributed by atoms with van der Waals surface area (Å²) in [4.78, 5) is 0. The predicted octanol–water partition coefficient (Wildman–Crippen LogP) is 4.14. The third kappa shape index (κ3) is 4.03. The number of thiophene rings is 1. The Morgan fingerprint density at radius 2 is 2.00 bits per heavy atom. The fourth-order valence-corrected chi connectivity index (χ4v) is 5.32. The van der Waals surface area contributed by atoms with Gasteiger partial charge in [-0.2, -0.15) is 0 Å². The number of halogens is 2. The van der Waals surface area contributed by atoms with Gasteiger partial charge in [0.15, 0.2) is 9.84 Å². The summed E-state index contributed by atoms with van der Waals surface area (Å²) in [5.41, 5.74) is 0.987. The number of sulfone groups is 1. The van der Waals surface area contributed by atoms with Crippen molar-refractivity contribution in [3.05, 3.63) is 19.2 Å². The maximum absolute atomic E-state index is 12.1. The Morgan fingerprint density at radius 3 is 2.37 bits per heavy atom. The second-order valence-corrected chi connectivity index (χ2v) is 11.4. The first-order valence-corrected chi connectivity index (χ1v) is 10.3. The smallest absolute Gasteiger partial charge is 0.154 e. The van der Waals surface area contributed by atoms with Crippen molar-refractivity contribution in [2.75, 3.05) is 12.8 Å². The molecule has 0 amide bonds. The molecule has 1 rings (SSSR count). The van der Waals surface area contributed by atoms with Crippen LogP contribution in [0.5, 0.6) is 0 Å². The van der Waals surface area contributed by atoms with E-state index in [1.807, 2.05) is 6.07 Å². The van der Waals surface area contributed by atoms with E-state index in [1.54, 1.807) is 25.2 Å². The maximum atomic E-state index is 12.1. The van der Waals surface area contributed by atoms with Gasteiger partial charge in [-0.3, -0.25) is 0 Å². The van der Waals surface area contributed by atoms with Crippen molar-refractivity contribution in [2.24, 2.45) is 0 Å². The highest BCUT2D eigenvalue weighted by Crippen LogP contribution is 2.41. The molecule has 0 spiro atoms. The molecule has 0 aliphatic rings. The van der Waals surface area contributed by atoms with Gasteiger partial charge in [-0.25, -0.2) is 8.42 Å². The zero-order valence-corrected chi connectivity index (χ0v) is 16.3. The molecule has 1 aromatic heterocycles. The molecular weight excluding hydrogens is 414 g/mol. The Labute approximate surface area is 136 Å². The van der Waals surface area contributed by atoms with Crippen LogP contribution in [0.2, 0.25) is 0 Å². The summed E-state index contributed by atoms with van der Waals surface area (Å²) in [5.74, 6) is 0. The minimum absolute atomic E-state index is 0.237. The first kappa shape index (κ1) is 17.6. The van der Waals surface area contributed by atoms with Gasteiger partial charge < -0.3 is 5.32 Å². The molecule has 0 saturated carbocycles. The van der Waals surface area contributed by atoms with Gasteiger partial charge in [0.1, 0.15) is 0 Å². The van der Waals surface area contributed by atoms with Crippen molar-refractivity contribution in [3.8, 4) is 0 Å². The molecule has 0 aliphatic carbocycles. The highest BCUT2D eigenvalue weighted by Gasteiger charge is 2.40. The minimum atomic E-state index is -3.18. The van der Waals surface area contributed by atoms with Crippen LogP contribution in [0.25, 0.3) is 0 Å². The Hall–Kier alpha value is 0.570. The zero-order chi connectivity index (χ0) is 14.8. The summed E-state index contributed by atoms with van der Waals surface area (Å²) in [6.07, 6.45) is 2.25. The Kier molecular flexibility index (Phi) is 6.08. The number of hydrogen-bond donors (Lipinski definition) is 1. The molecule has 3 nitrogen and oxygen atoms in total. The summed E-state index contributed by atoms with van der Waals surface area (Å²) in [5, 5.41) is 3.36. The predicted molar refractivity (Wildman–Crippen MR) is 89.7 cm³/mol. The number of nitrogens with one attached hydrogen (secondary N) is 1. The van der Waals surface area contributed by atoms with E-state index >= 15 is 0 Å². The summed E-state index contributed by atoms with van der Waals surface area (Å²) < 4.78 is 25.3. The van der Waals surface area contributed by atoms with Crippen molar-refractivity contribution in [2.45, 2.75) is 38.0 Å². The van der Waals surface area contributed by atoms with Crippen LogP contribution in [-0.4, -0.2) is 26.0 Å². The molecule has 0 saturated heterocycles. The monoisotopic (exact) mass is 431 g/mol. The molecule has 1 atom stereocenters. The van der Waals surface area contributed by atoms with Crippen LogP contribution in [0.1, 0.15) is 38.8 Å². The molecule has 1 unspecified atom stereocenters. The van der Waals surface area contributed by atoms with E-state index in [2.05, 4.69) is 44.1 Å². The van der Waals surface area contributed by atoms with Crippen LogP contribution in [0, 0.1) is 0 Å². The first-order valence-electron chi connectivity index (χ1n) is 5.99. The second-order valence-electron chi connectivity index (χ2n) is 5.04. The standard InChI is InChI=1S/C12H19Br2NO2S2/c1-5-6-15-10(12(2,3)19(4,16)17)8-7-9(13)18-11(8)14/h7,10,15H,5-6H2,1-4H3. The highest BCUT2D eigenvalue weighted by atomic mass is 79.9. The minimum Gasteiger partial charge on any atom is -0.309 e. The molecule has 7 heteroatoms. The van der Waals surface area contributed by atoms with Crippen molar-refractivity contribution in [1.29, 1.82) is 0 Å². The molecule has 110 valence electrons. The lowest BCUT2D eigenvalue weighted by molar-refractivity contribution is 0.420. The van der Waals surface area contributed by atoms with Gasteiger partial charge >= 0.3 is 0 Å². The maximum Gasteiger partial charge on any atom is 0.154 e. The molecule has 0 aliphatic heterocycles. The summed E-state index contributed by atoms with van der Waals surface area (Å²) >= 11 is 8.53. The molecule has 0 radical (unpaired) electrons. The third-order valence-electron chi connectivity index (χ3n) is 3.24. The van der Waals surface area contributed by atoms with Crippen LogP contribution in [-0.2, 0) is 9.84 Å². The van der Waals surface area contributed by atoms with Gasteiger partial charge in [0.05, 0.1) is 18.4 Å². The molecule has 1 aromatic rings. The number of hydrogen-bond acceptors (Lipinski definition) is 4. The highest BCUT2D eigenvalue weighted by molar-refractivity contribution is 9.12. The third-order valence-corrected chi connectivity index (χ3v) is 7.78. The molecule has 1 N–H and O–H groups in total. The lowest BCUT2D eigenvalue weighted by Crippen LogP contribution is -2.45. The van der Waals surface area contributed by atoms with Crippen LogP contribution in [0.3, 0.4) is 0 Å². The van der Waals surface area contributed by atoms with Gasteiger partial charge in [-0.1, -0.05) is 6.92 Å². The fourth-order valence-electron chi connectivity index (χ4n) is 1.78. The SMILES string of the molecule is CCCNC(c1cc(Br)sc1Br)C(C)(C)S(C)(=O)=O. The van der Waals surface area contributed by atoms with Crippen molar-refractivity contribution < 1.29 is 8.42 Å². The van der Waals surface area contributed by atoms with E-state index in [0.29, 0.717) is 0 Å². The van der Waals surface area contributed by atoms with Crippen LogP contribution >= 0.6 is 43.2 Å². The molecule has 19 heavy (non-hydrogen) atoms. The van der Waals surface area contributed by atoms with Crippen molar-refractivity contribution in [1.82, 2.24) is 5.32 Å². The molecule has 0 fully saturated rings. The summed E-state index contributed by atoms with van der Waals surface area (Å²) in [6, 6.07) is 1.74. The largest absolute Gasteiger partial charge is 0.309 e. The van der Waals surface area contributed by atoms with Gasteiger partial charge in [-0.15, -0.1) is 11.3 Å². The first-order chi connectivity index (χ1) is 8.61. The van der Waals surface area contributed by atoms with Gasteiger partial charge in [0, 0.05) is 6.26 Å². The van der Waals surface area contributed by atoms with E-state index in [1.165, 1.54) is 6.26 Å². The van der Waals surface area contributed by atoms with Gasteiger partial charge in [0.2, 0.25) is 0 Å². The van der Waals surface area contributed by atoms with E-state index in [0.717, 1.165) is 26.1 Å². The molecule has 1 heterocycles. The van der Waals surface area contributed by atoms with Crippen LogP contribution < -0.4 is 5.32 Å². The van der Waals surface area contributed by atoms with Gasteiger partial charge in [-0.05, 0) is 70.3 Å². The Morgan fingerprint density at radius 1 is 1.42 bits per heavy atom. The Bertz CT molecular complexity index is 538. The summed E-state index contributed by atoms with van der Waals surface area (Å²) in [7, 11) is -3.18. The van der Waals surface area contributed by atoms with E-state index in [4.69, 9.17) is 0 Å². The quantitative estimate of drug-likeness (QED) is 0.734. The topological polar surface area (TPSA) is 46.2 Å². The zero-order valence-electron chi connectivity index (χ0n) is 11.5. The normalized spacial score (nSPS) is 14.6. The lowest BCUT2D eigenvalue weighted by atomic mass is 9.97. The van der Waals surface area contributed by atoms with E-state index in [9.17, 15) is 8.42 Å². The van der Waals surface area contributed by atoms with Crippen LogP contribution in [0.4, 0.5) is 0 Å². The Balaban J connectivity index is 3.26. The second kappa shape index (κ2) is 6.56. The summed E-state index contributed by atoms with van der Waals surface area (Å²) in [6.45, 7) is 6.39. The van der Waals surface area contributed by atoms with Gasteiger partial charge in [0.25, 0.3) is 0 Å². The van der Waals surface area contributed by atoms with Crippen molar-refractivity contribution >= 4 is 53.0 Å². The van der Waals surface area contributed by atoms with Crippen molar-refractivity contribution in [3.63, 3.8) is 0 Å². The fraction of sp³-hybridized carbons (Fsp3) is 0.667. The number of rotatable bonds is 6. The molecule has 0 bridgehead atoms. The average Bonchev–Trinajstić information content (AvgIpc) is 2.56. The molecule has 0 aromatic carbocycles. The molecular formula is C12H19Br2NO2S2. The van der Waals surface area contributed by atoms with E-state index < -0.39 is 14.6 Å².